The van der Waals surface area contributed by atoms with Crippen molar-refractivity contribution in [2.75, 3.05) is 9.91 Å². The maximum Gasteiger partial charge on any atom is 0.0886 e. The van der Waals surface area contributed by atoms with Gasteiger partial charge in [-0.25, -0.2) is 0 Å². The van der Waals surface area contributed by atoms with E-state index in [1.807, 2.05) is 0 Å². The van der Waals surface area contributed by atoms with Crippen molar-refractivity contribution in [3.63, 3.8) is 0 Å². The number of nitrogens with zero attached hydrogens (tertiary/aromatic N) is 3. The molecule has 4 unspecified atom stereocenters. The molecule has 3 nitrogen and oxygen atoms in total. The lowest BCUT2D eigenvalue weighted by atomic mass is 10.0. The lowest BCUT2D eigenvalue weighted by molar-refractivity contribution is 0.683. The van der Waals surface area contributed by atoms with Crippen molar-refractivity contribution in [2.45, 2.75) is 18.4 Å². The van der Waals surface area contributed by atoms with Gasteiger partial charge in [0.25, 0.3) is 0 Å². The van der Waals surface area contributed by atoms with Gasteiger partial charge in [0.2, 0.25) is 0 Å². The highest BCUT2D eigenvalue weighted by Crippen LogP contribution is 2.55. The van der Waals surface area contributed by atoms with Gasteiger partial charge in [0, 0.05) is 28.9 Å². The Bertz CT molecular complexity index is 1360. The molecule has 176 valence electrons. The molecule has 0 saturated heterocycles. The summed E-state index contributed by atoms with van der Waals surface area (Å²) >= 11 is 0. The average Bonchev–Trinajstić information content (AvgIpc) is 3.86. The van der Waals surface area contributed by atoms with Gasteiger partial charge >= 0.3 is 0 Å². The van der Waals surface area contributed by atoms with Crippen molar-refractivity contribution in [1.82, 2.24) is 0 Å². The summed E-state index contributed by atoms with van der Waals surface area (Å²) in [6, 6.07) is 32.0. The van der Waals surface area contributed by atoms with Crippen LogP contribution in [0, 0.1) is 17.8 Å². The van der Waals surface area contributed by atoms with Gasteiger partial charge in [0.1, 0.15) is 0 Å². The van der Waals surface area contributed by atoms with Gasteiger partial charge < -0.3 is 4.90 Å². The van der Waals surface area contributed by atoms with Crippen LogP contribution in [0.5, 0.6) is 0 Å². The van der Waals surface area contributed by atoms with E-state index in [1.165, 1.54) is 29.1 Å². The van der Waals surface area contributed by atoms with Crippen LogP contribution in [0.25, 0.3) is 0 Å². The predicted molar refractivity (Wildman–Crippen MR) is 149 cm³/mol. The number of rotatable bonds is 7. The van der Waals surface area contributed by atoms with Crippen LogP contribution >= 0.6 is 0 Å². The van der Waals surface area contributed by atoms with Crippen molar-refractivity contribution < 1.29 is 0 Å². The molecule has 2 fully saturated rings. The summed E-state index contributed by atoms with van der Waals surface area (Å²) in [4.78, 5) is 2.41. The number of hydrogen-bond donors (Lipinski definition) is 0. The van der Waals surface area contributed by atoms with Crippen molar-refractivity contribution in [3.05, 3.63) is 139 Å². The molecule has 4 aliphatic carbocycles. The lowest BCUT2D eigenvalue weighted by Crippen LogP contribution is -2.34. The fourth-order valence-corrected chi connectivity index (χ4v) is 5.86. The third-order valence-electron chi connectivity index (χ3n) is 7.92. The SMILES string of the molecule is C1=CC2CC2(N(/N=C/C2=CC=C(N(c3ccccc3)c3ccccc3)C3CC23)c2ccccc2)C=C1. The summed E-state index contributed by atoms with van der Waals surface area (Å²) in [6.45, 7) is 0. The van der Waals surface area contributed by atoms with E-state index < -0.39 is 0 Å². The average molecular weight is 468 g/mol. The zero-order valence-electron chi connectivity index (χ0n) is 20.2. The molecular weight excluding hydrogens is 438 g/mol. The summed E-state index contributed by atoms with van der Waals surface area (Å²) in [7, 11) is 0. The van der Waals surface area contributed by atoms with E-state index in [0.29, 0.717) is 17.8 Å². The standard InChI is InChI=1S/C33H29N3/c1-4-13-27(14-5-1)35(28-15-6-2-7-16-28)32-20-19-25(30-22-31(30)32)24-34-36(29-17-8-3-9-18-29)33-21-11-10-12-26(33)23-33/h1-21,24,26,30-31H,22-23H2/b34-24+. The maximum atomic E-state index is 5.13. The summed E-state index contributed by atoms with van der Waals surface area (Å²) in [5.41, 5.74) is 6.24. The molecule has 3 aromatic rings. The summed E-state index contributed by atoms with van der Waals surface area (Å²) < 4.78 is 0. The molecule has 2 saturated carbocycles. The molecule has 4 aliphatic rings. The third kappa shape index (κ3) is 3.63. The first-order chi connectivity index (χ1) is 17.8. The Morgan fingerprint density at radius 3 is 2.00 bits per heavy atom. The van der Waals surface area contributed by atoms with E-state index in [-0.39, 0.29) is 5.54 Å². The molecule has 7 rings (SSSR count). The van der Waals surface area contributed by atoms with Crippen LogP contribution in [0.4, 0.5) is 17.1 Å². The minimum Gasteiger partial charge on any atom is -0.314 e. The van der Waals surface area contributed by atoms with Crippen LogP contribution in [0.2, 0.25) is 0 Å². The first-order valence-electron chi connectivity index (χ1n) is 12.9. The second kappa shape index (κ2) is 8.53. The van der Waals surface area contributed by atoms with Crippen LogP contribution in [0.1, 0.15) is 12.8 Å². The highest BCUT2D eigenvalue weighted by atomic mass is 15.5. The topological polar surface area (TPSA) is 18.8 Å². The van der Waals surface area contributed by atoms with Crippen molar-refractivity contribution in [1.29, 1.82) is 0 Å². The van der Waals surface area contributed by atoms with Crippen molar-refractivity contribution in [2.24, 2.45) is 22.9 Å². The maximum absolute atomic E-state index is 5.13. The first-order valence-corrected chi connectivity index (χ1v) is 12.9. The highest BCUT2D eigenvalue weighted by molar-refractivity contribution is 5.84. The molecule has 3 heteroatoms. The largest absolute Gasteiger partial charge is 0.314 e. The number of fused-ring (bicyclic) bond motifs is 2. The summed E-state index contributed by atoms with van der Waals surface area (Å²) in [5, 5.41) is 7.38. The normalized spacial score (nSPS) is 27.1. The summed E-state index contributed by atoms with van der Waals surface area (Å²) in [5.74, 6) is 1.58. The third-order valence-corrected chi connectivity index (χ3v) is 7.92. The Morgan fingerprint density at radius 1 is 0.722 bits per heavy atom. The van der Waals surface area contributed by atoms with Gasteiger partial charge in [0.15, 0.2) is 0 Å². The Labute approximate surface area is 213 Å². The van der Waals surface area contributed by atoms with Gasteiger partial charge in [-0.05, 0) is 66.8 Å². The fourth-order valence-electron chi connectivity index (χ4n) is 5.86. The molecular formula is C33H29N3. The molecule has 0 amide bonds. The van der Waals surface area contributed by atoms with Gasteiger partial charge in [-0.3, -0.25) is 5.01 Å². The molecule has 0 bridgehead atoms. The van der Waals surface area contributed by atoms with Crippen LogP contribution in [0.3, 0.4) is 0 Å². The van der Waals surface area contributed by atoms with Gasteiger partial charge in [-0.15, -0.1) is 0 Å². The molecule has 4 atom stereocenters. The second-order valence-corrected chi connectivity index (χ2v) is 10.2. The van der Waals surface area contributed by atoms with Gasteiger partial charge in [-0.2, -0.15) is 5.10 Å². The highest BCUT2D eigenvalue weighted by Gasteiger charge is 2.56. The molecule has 0 aromatic heterocycles. The first kappa shape index (κ1) is 21.2. The van der Waals surface area contributed by atoms with Crippen LogP contribution in [-0.2, 0) is 0 Å². The number of para-hydroxylation sites is 3. The number of hydrogen-bond acceptors (Lipinski definition) is 3. The fraction of sp³-hybridized carbons (Fsp3) is 0.182. The Hall–Kier alpha value is -4.11. The predicted octanol–water partition coefficient (Wildman–Crippen LogP) is 7.66. The number of hydrazone groups is 1. The minimum absolute atomic E-state index is 0.0246. The van der Waals surface area contributed by atoms with E-state index in [1.54, 1.807) is 0 Å². The minimum atomic E-state index is -0.0246. The van der Waals surface area contributed by atoms with Crippen LogP contribution < -0.4 is 9.91 Å². The monoisotopic (exact) mass is 467 g/mol. The zero-order valence-corrected chi connectivity index (χ0v) is 20.2. The number of anilines is 3. The summed E-state index contributed by atoms with van der Waals surface area (Å²) in [6.07, 6.45) is 18.0. The lowest BCUT2D eigenvalue weighted by Gasteiger charge is -2.30. The Kier molecular flexibility index (Phi) is 5.02. The smallest absolute Gasteiger partial charge is 0.0886 e. The second-order valence-electron chi connectivity index (χ2n) is 10.2. The Morgan fingerprint density at radius 2 is 1.36 bits per heavy atom. The van der Waals surface area contributed by atoms with E-state index in [0.717, 1.165) is 12.1 Å². The van der Waals surface area contributed by atoms with E-state index in [9.17, 15) is 0 Å². The molecule has 0 aliphatic heterocycles. The molecule has 36 heavy (non-hydrogen) atoms. The van der Waals surface area contributed by atoms with Gasteiger partial charge in [-0.1, -0.05) is 85.0 Å². The van der Waals surface area contributed by atoms with E-state index in [2.05, 4.69) is 144 Å². The Balaban J connectivity index is 1.22. The zero-order chi connectivity index (χ0) is 24.0. The molecule has 3 aromatic carbocycles. The molecule has 0 heterocycles. The van der Waals surface area contributed by atoms with Gasteiger partial charge in [0.05, 0.1) is 17.4 Å². The molecule has 0 spiro atoms. The molecule has 0 N–H and O–H groups in total. The van der Waals surface area contributed by atoms with Crippen LogP contribution in [0.15, 0.2) is 144 Å². The van der Waals surface area contributed by atoms with Crippen LogP contribution in [-0.4, -0.2) is 11.8 Å². The van der Waals surface area contributed by atoms with Crippen molar-refractivity contribution >= 4 is 23.3 Å². The number of benzene rings is 3. The van der Waals surface area contributed by atoms with E-state index in [4.69, 9.17) is 5.10 Å². The molecule has 0 radical (unpaired) electrons. The van der Waals surface area contributed by atoms with Crippen molar-refractivity contribution in [3.8, 4) is 0 Å². The quantitative estimate of drug-likeness (QED) is 0.262. The number of allylic oxidation sites excluding steroid dienone is 6. The van der Waals surface area contributed by atoms with E-state index >= 15 is 0 Å².